The van der Waals surface area contributed by atoms with Crippen molar-refractivity contribution in [3.8, 4) is 22.3 Å². The van der Waals surface area contributed by atoms with Crippen LogP contribution in [0.2, 0.25) is 0 Å². The van der Waals surface area contributed by atoms with Gasteiger partial charge < -0.3 is 14.9 Å². The molecule has 0 aliphatic heterocycles. The van der Waals surface area contributed by atoms with Gasteiger partial charge in [-0.3, -0.25) is 0 Å². The van der Waals surface area contributed by atoms with Crippen molar-refractivity contribution in [3.63, 3.8) is 0 Å². The first-order valence-corrected chi connectivity index (χ1v) is 18.4. The zero-order chi connectivity index (χ0) is 29.1. The molecule has 46 heavy (non-hydrogen) atoms. The van der Waals surface area contributed by atoms with Gasteiger partial charge in [0.2, 0.25) is 0 Å². The molecule has 0 N–H and O–H groups in total. The summed E-state index contributed by atoms with van der Waals surface area (Å²) in [4.78, 5) is 0. The first-order chi connectivity index (χ1) is 20.6. The summed E-state index contributed by atoms with van der Waals surface area (Å²) in [5, 5.41) is 10.5. The van der Waals surface area contributed by atoms with Gasteiger partial charge in [-0.15, -0.1) is 93.9 Å². The fraction of sp³-hybridized carbons (Fsp3) is 0.0476. The van der Waals surface area contributed by atoms with Crippen LogP contribution in [-0.2, 0) is 23.3 Å². The molecule has 8 rings (SSSR count). The Morgan fingerprint density at radius 2 is 0.804 bits per heavy atom. The topological polar surface area (TPSA) is 0 Å². The molecule has 0 amide bonds. The number of benzene rings is 6. The Hall–Kier alpha value is -3.26. The van der Waals surface area contributed by atoms with E-state index in [1.807, 2.05) is 0 Å². The minimum atomic E-state index is 0. The van der Waals surface area contributed by atoms with Gasteiger partial charge >= 0.3 is 30.2 Å². The number of fused-ring (bicyclic) bond motifs is 4. The molecule has 0 unspecified atom stereocenters. The molecular formula is C42H38Cl2SiZr-4. The summed E-state index contributed by atoms with van der Waals surface area (Å²) in [5.74, 6) is 0. The Labute approximate surface area is 303 Å². The van der Waals surface area contributed by atoms with E-state index in [-0.39, 0.29) is 39.7 Å². The van der Waals surface area contributed by atoms with Crippen molar-refractivity contribution in [1.29, 1.82) is 0 Å². The SMILES string of the molecule is Cc1cc2c(-c3ccc4ccccc4c3)cccc2[cH-]1.Cc1cc2c(-c3ccc4ccccc4c3)cccc2[cH-]1.Cl.Cl.[CH3-].[CH3-].[Si]=[Zr]. The monoisotopic (exact) mass is 730 g/mol. The molecule has 0 aromatic heterocycles. The zero-order valence-corrected chi connectivity index (χ0v) is 31.8. The van der Waals surface area contributed by atoms with Crippen LogP contribution in [0.5, 0.6) is 0 Å². The molecule has 0 heterocycles. The van der Waals surface area contributed by atoms with Gasteiger partial charge in [-0.2, -0.15) is 12.1 Å². The third-order valence-electron chi connectivity index (χ3n) is 7.91. The Bertz CT molecular complexity index is 2020. The van der Waals surface area contributed by atoms with Gasteiger partial charge in [-0.05, 0) is 44.8 Å². The summed E-state index contributed by atoms with van der Waals surface area (Å²) >= 11 is 1.36. The Kier molecular flexibility index (Phi) is 14.9. The fourth-order valence-corrected chi connectivity index (χ4v) is 5.99. The summed E-state index contributed by atoms with van der Waals surface area (Å²) < 4.78 is 0. The fourth-order valence-electron chi connectivity index (χ4n) is 5.99. The maximum atomic E-state index is 3.06. The second-order valence-corrected chi connectivity index (χ2v) is 10.8. The molecule has 0 spiro atoms. The standard InChI is InChI=1S/2C20H15.2CH3.2ClH.Si.Zr/c2*1-14-11-17-7-4-8-19(20(17)12-14)18-10-9-15-5-2-3-6-16(15)13-18;;;;;;/h2*2-13H,1H3;2*1H3;2*1H;;/q4*-1;;;;. The predicted molar refractivity (Wildman–Crippen MR) is 208 cm³/mol. The van der Waals surface area contributed by atoms with Gasteiger partial charge in [0.05, 0.1) is 0 Å². The Balaban J connectivity index is 0.000000281. The normalized spacial score (nSPS) is 9.85. The van der Waals surface area contributed by atoms with Crippen molar-refractivity contribution in [2.24, 2.45) is 0 Å². The van der Waals surface area contributed by atoms with Crippen LogP contribution < -0.4 is 0 Å². The second-order valence-electron chi connectivity index (χ2n) is 10.8. The molecule has 0 aliphatic carbocycles. The van der Waals surface area contributed by atoms with Crippen molar-refractivity contribution >= 4 is 74.8 Å². The summed E-state index contributed by atoms with van der Waals surface area (Å²) in [6.45, 7) is 7.38. The molecule has 8 aromatic carbocycles. The molecule has 2 radical (unpaired) electrons. The van der Waals surface area contributed by atoms with E-state index in [1.165, 1.54) is 99.8 Å². The van der Waals surface area contributed by atoms with Gasteiger partial charge in [0.15, 0.2) is 0 Å². The molecule has 0 nitrogen and oxygen atoms in total. The molecule has 0 aliphatic rings. The van der Waals surface area contributed by atoms with Gasteiger partial charge in [0.25, 0.3) is 0 Å². The minimum absolute atomic E-state index is 0. The molecular weight excluding hydrogens is 695 g/mol. The van der Waals surface area contributed by atoms with Crippen LogP contribution in [0.25, 0.3) is 65.3 Å². The van der Waals surface area contributed by atoms with E-state index in [9.17, 15) is 0 Å². The van der Waals surface area contributed by atoms with Crippen LogP contribution in [0.15, 0.2) is 146 Å². The Morgan fingerprint density at radius 3 is 1.20 bits per heavy atom. The molecule has 232 valence electrons. The van der Waals surface area contributed by atoms with Crippen LogP contribution in [0.3, 0.4) is 0 Å². The summed E-state index contributed by atoms with van der Waals surface area (Å²) in [6, 6.07) is 52.6. The molecule has 0 atom stereocenters. The van der Waals surface area contributed by atoms with E-state index in [2.05, 4.69) is 166 Å². The van der Waals surface area contributed by atoms with E-state index in [0.29, 0.717) is 0 Å². The van der Waals surface area contributed by atoms with Crippen LogP contribution >= 0.6 is 24.8 Å². The molecule has 8 aromatic rings. The molecule has 0 fully saturated rings. The van der Waals surface area contributed by atoms with E-state index in [0.717, 1.165) is 0 Å². The van der Waals surface area contributed by atoms with Crippen molar-refractivity contribution in [3.05, 3.63) is 172 Å². The van der Waals surface area contributed by atoms with Crippen molar-refractivity contribution in [2.75, 3.05) is 0 Å². The van der Waals surface area contributed by atoms with Crippen LogP contribution in [0, 0.1) is 28.7 Å². The third-order valence-corrected chi connectivity index (χ3v) is 7.91. The first kappa shape index (κ1) is 38.9. The molecule has 0 bridgehead atoms. The average molecular weight is 733 g/mol. The summed E-state index contributed by atoms with van der Waals surface area (Å²) in [5.41, 5.74) is 7.88. The van der Waals surface area contributed by atoms with Crippen molar-refractivity contribution in [2.45, 2.75) is 13.8 Å². The van der Waals surface area contributed by atoms with E-state index >= 15 is 0 Å². The van der Waals surface area contributed by atoms with Crippen LogP contribution in [-0.4, -0.2) is 6.88 Å². The van der Waals surface area contributed by atoms with Crippen LogP contribution in [0.4, 0.5) is 0 Å². The summed E-state index contributed by atoms with van der Waals surface area (Å²) in [7, 11) is 0. The first-order valence-electron chi connectivity index (χ1n) is 14.2. The average Bonchev–Trinajstić information content (AvgIpc) is 3.62. The number of halogens is 2. The van der Waals surface area contributed by atoms with E-state index in [4.69, 9.17) is 0 Å². The molecule has 0 saturated heterocycles. The van der Waals surface area contributed by atoms with E-state index in [1.54, 1.807) is 0 Å². The van der Waals surface area contributed by atoms with Gasteiger partial charge in [-0.25, -0.2) is 0 Å². The molecule has 0 saturated carbocycles. The Morgan fingerprint density at radius 1 is 0.435 bits per heavy atom. The third kappa shape index (κ3) is 8.17. The van der Waals surface area contributed by atoms with Gasteiger partial charge in [0, 0.05) is 0 Å². The van der Waals surface area contributed by atoms with Crippen molar-refractivity contribution in [1.82, 2.24) is 0 Å². The van der Waals surface area contributed by atoms with Crippen LogP contribution in [0.1, 0.15) is 11.1 Å². The number of rotatable bonds is 2. The van der Waals surface area contributed by atoms with E-state index < -0.39 is 0 Å². The number of hydrogen-bond acceptors (Lipinski definition) is 0. The molecule has 4 heteroatoms. The second kappa shape index (κ2) is 17.6. The van der Waals surface area contributed by atoms with Crippen molar-refractivity contribution < 1.29 is 23.3 Å². The number of aryl methyl sites for hydroxylation is 2. The predicted octanol–water partition coefficient (Wildman–Crippen LogP) is 12.7. The van der Waals surface area contributed by atoms with Gasteiger partial charge in [0.1, 0.15) is 0 Å². The maximum absolute atomic E-state index is 3.06. The number of hydrogen-bond donors (Lipinski definition) is 0. The van der Waals surface area contributed by atoms with Gasteiger partial charge in [-0.1, -0.05) is 110 Å². The zero-order valence-electron chi connectivity index (χ0n) is 26.7. The summed E-state index contributed by atoms with van der Waals surface area (Å²) in [6.07, 6.45) is 0. The quantitative estimate of drug-likeness (QED) is 0.123.